The van der Waals surface area contributed by atoms with E-state index in [0.717, 1.165) is 18.7 Å². The van der Waals surface area contributed by atoms with Gasteiger partial charge in [0.25, 0.3) is 0 Å². The van der Waals surface area contributed by atoms with Gasteiger partial charge in [-0.15, -0.1) is 0 Å². The van der Waals surface area contributed by atoms with Crippen LogP contribution in [0.15, 0.2) is 16.6 Å². The summed E-state index contributed by atoms with van der Waals surface area (Å²) in [5.41, 5.74) is 6.94. The maximum absolute atomic E-state index is 13.3. The number of hydrogen-bond acceptors (Lipinski definition) is 2. The standard InChI is InChI=1S/C13H17BrClFN2/c1-7-8(2)18(4-3-12(7)17)13-10(14)5-9(16)6-11(13)15/h5-8,12H,3-4,17H2,1-2H3. The molecule has 5 heteroatoms. The van der Waals surface area contributed by atoms with Crippen LogP contribution in [0.25, 0.3) is 0 Å². The van der Waals surface area contributed by atoms with Gasteiger partial charge in [-0.1, -0.05) is 18.5 Å². The second-order valence-corrected chi connectivity index (χ2v) is 6.23. The summed E-state index contributed by atoms with van der Waals surface area (Å²) in [6, 6.07) is 3.31. The van der Waals surface area contributed by atoms with Crippen molar-refractivity contribution in [3.63, 3.8) is 0 Å². The van der Waals surface area contributed by atoms with E-state index < -0.39 is 0 Å². The minimum atomic E-state index is -0.329. The largest absolute Gasteiger partial charge is 0.366 e. The van der Waals surface area contributed by atoms with E-state index in [1.54, 1.807) is 0 Å². The van der Waals surface area contributed by atoms with Crippen LogP contribution in [0.1, 0.15) is 20.3 Å². The molecule has 18 heavy (non-hydrogen) atoms. The molecular weight excluding hydrogens is 319 g/mol. The summed E-state index contributed by atoms with van der Waals surface area (Å²) in [6.45, 7) is 5.12. The summed E-state index contributed by atoms with van der Waals surface area (Å²) >= 11 is 9.57. The van der Waals surface area contributed by atoms with Crippen LogP contribution in [-0.2, 0) is 0 Å². The lowest BCUT2D eigenvalue weighted by atomic mass is 9.87. The van der Waals surface area contributed by atoms with Crippen molar-refractivity contribution in [3.8, 4) is 0 Å². The first-order chi connectivity index (χ1) is 8.41. The molecule has 2 N–H and O–H groups in total. The molecule has 0 aromatic heterocycles. The van der Waals surface area contributed by atoms with E-state index in [4.69, 9.17) is 17.3 Å². The lowest BCUT2D eigenvalue weighted by Gasteiger charge is -2.43. The van der Waals surface area contributed by atoms with E-state index >= 15 is 0 Å². The fraction of sp³-hybridized carbons (Fsp3) is 0.538. The van der Waals surface area contributed by atoms with Crippen LogP contribution < -0.4 is 10.6 Å². The van der Waals surface area contributed by atoms with Gasteiger partial charge in [0.15, 0.2) is 0 Å². The Labute approximate surface area is 120 Å². The highest BCUT2D eigenvalue weighted by Crippen LogP contribution is 2.39. The van der Waals surface area contributed by atoms with E-state index in [0.29, 0.717) is 15.4 Å². The molecule has 1 heterocycles. The summed E-state index contributed by atoms with van der Waals surface area (Å²) in [7, 11) is 0. The van der Waals surface area contributed by atoms with Crippen LogP contribution >= 0.6 is 27.5 Å². The summed E-state index contributed by atoms with van der Waals surface area (Å²) in [6.07, 6.45) is 0.922. The number of rotatable bonds is 1. The predicted molar refractivity (Wildman–Crippen MR) is 77.7 cm³/mol. The van der Waals surface area contributed by atoms with Crippen molar-refractivity contribution in [1.82, 2.24) is 0 Å². The Morgan fingerprint density at radius 1 is 1.44 bits per heavy atom. The molecule has 0 bridgehead atoms. The molecular formula is C13H17BrClFN2. The van der Waals surface area contributed by atoms with E-state index in [9.17, 15) is 4.39 Å². The van der Waals surface area contributed by atoms with Crippen molar-refractivity contribution < 1.29 is 4.39 Å². The number of piperidine rings is 1. The monoisotopic (exact) mass is 334 g/mol. The van der Waals surface area contributed by atoms with Crippen LogP contribution in [0.4, 0.5) is 10.1 Å². The maximum atomic E-state index is 13.3. The van der Waals surface area contributed by atoms with Crippen LogP contribution in [0, 0.1) is 11.7 Å². The smallest absolute Gasteiger partial charge is 0.125 e. The SMILES string of the molecule is CC1C(N)CCN(c2c(Cl)cc(F)cc2Br)C1C. The van der Waals surface area contributed by atoms with Crippen molar-refractivity contribution in [1.29, 1.82) is 0 Å². The molecule has 0 radical (unpaired) electrons. The Balaban J connectivity index is 2.37. The number of nitrogens with two attached hydrogens (primary N) is 1. The molecule has 0 spiro atoms. The fourth-order valence-corrected chi connectivity index (χ4v) is 3.61. The van der Waals surface area contributed by atoms with Gasteiger partial charge in [-0.3, -0.25) is 0 Å². The molecule has 3 unspecified atom stereocenters. The molecule has 0 aliphatic carbocycles. The van der Waals surface area contributed by atoms with Crippen LogP contribution in [0.5, 0.6) is 0 Å². The van der Waals surface area contributed by atoms with Gasteiger partial charge in [-0.2, -0.15) is 0 Å². The number of nitrogens with zero attached hydrogens (tertiary/aromatic N) is 1. The average molecular weight is 336 g/mol. The average Bonchev–Trinajstić information content (AvgIpc) is 2.28. The van der Waals surface area contributed by atoms with Crippen LogP contribution in [0.2, 0.25) is 5.02 Å². The Morgan fingerprint density at radius 2 is 2.11 bits per heavy atom. The second-order valence-electron chi connectivity index (χ2n) is 4.96. The summed E-state index contributed by atoms with van der Waals surface area (Å²) < 4.78 is 14.0. The minimum absolute atomic E-state index is 0.217. The van der Waals surface area contributed by atoms with Crippen molar-refractivity contribution in [3.05, 3.63) is 27.4 Å². The quantitative estimate of drug-likeness (QED) is 0.846. The summed E-state index contributed by atoms with van der Waals surface area (Å²) in [5.74, 6) is 0.0526. The van der Waals surface area contributed by atoms with Gasteiger partial charge in [0.1, 0.15) is 5.82 Å². The molecule has 0 amide bonds. The Morgan fingerprint density at radius 3 is 2.72 bits per heavy atom. The minimum Gasteiger partial charge on any atom is -0.366 e. The first-order valence-electron chi connectivity index (χ1n) is 6.08. The molecule has 1 saturated heterocycles. The lowest BCUT2D eigenvalue weighted by Crippen LogP contribution is -2.52. The van der Waals surface area contributed by atoms with Crippen LogP contribution in [0.3, 0.4) is 0 Å². The molecule has 100 valence electrons. The van der Waals surface area contributed by atoms with E-state index in [2.05, 4.69) is 34.7 Å². The van der Waals surface area contributed by atoms with E-state index in [1.807, 2.05) is 0 Å². The first kappa shape index (κ1) is 14.1. The van der Waals surface area contributed by atoms with Crippen molar-refractivity contribution >= 4 is 33.2 Å². The topological polar surface area (TPSA) is 29.3 Å². The number of benzene rings is 1. The highest BCUT2D eigenvalue weighted by Gasteiger charge is 2.32. The predicted octanol–water partition coefficient (Wildman–Crippen LogP) is 3.80. The van der Waals surface area contributed by atoms with Gasteiger partial charge in [0, 0.05) is 23.1 Å². The third kappa shape index (κ3) is 2.51. The molecule has 2 rings (SSSR count). The zero-order chi connectivity index (χ0) is 13.4. The second kappa shape index (κ2) is 5.35. The van der Waals surface area contributed by atoms with Crippen molar-refractivity contribution in [2.45, 2.75) is 32.4 Å². The first-order valence-corrected chi connectivity index (χ1v) is 7.25. The van der Waals surface area contributed by atoms with Gasteiger partial charge in [-0.25, -0.2) is 4.39 Å². The number of halogens is 3. The third-order valence-electron chi connectivity index (χ3n) is 3.90. The molecule has 1 fully saturated rings. The van der Waals surface area contributed by atoms with Gasteiger partial charge in [0.2, 0.25) is 0 Å². The lowest BCUT2D eigenvalue weighted by molar-refractivity contribution is 0.315. The van der Waals surface area contributed by atoms with Crippen molar-refractivity contribution in [2.24, 2.45) is 11.7 Å². The summed E-state index contributed by atoms with van der Waals surface area (Å²) in [4.78, 5) is 2.21. The molecule has 1 aromatic carbocycles. The zero-order valence-corrected chi connectivity index (χ0v) is 12.8. The van der Waals surface area contributed by atoms with Gasteiger partial charge >= 0.3 is 0 Å². The molecule has 1 aliphatic rings. The molecule has 0 saturated carbocycles. The van der Waals surface area contributed by atoms with Gasteiger partial charge in [-0.05, 0) is 47.3 Å². The number of hydrogen-bond donors (Lipinski definition) is 1. The zero-order valence-electron chi connectivity index (χ0n) is 10.5. The van der Waals surface area contributed by atoms with Gasteiger partial charge in [0.05, 0.1) is 10.7 Å². The van der Waals surface area contributed by atoms with E-state index in [-0.39, 0.29) is 17.9 Å². The molecule has 1 aliphatic heterocycles. The Hall–Kier alpha value is -0.320. The number of anilines is 1. The summed E-state index contributed by atoms with van der Waals surface area (Å²) in [5, 5.41) is 0.441. The van der Waals surface area contributed by atoms with Gasteiger partial charge < -0.3 is 10.6 Å². The maximum Gasteiger partial charge on any atom is 0.125 e. The Kier molecular flexibility index (Phi) is 4.19. The van der Waals surface area contributed by atoms with E-state index in [1.165, 1.54) is 12.1 Å². The highest BCUT2D eigenvalue weighted by atomic mass is 79.9. The normalized spacial score (nSPS) is 28.6. The molecule has 2 nitrogen and oxygen atoms in total. The Bertz CT molecular complexity index is 432. The van der Waals surface area contributed by atoms with Crippen molar-refractivity contribution in [2.75, 3.05) is 11.4 Å². The molecule has 1 aromatic rings. The molecule has 3 atom stereocenters. The highest BCUT2D eigenvalue weighted by molar-refractivity contribution is 9.10. The third-order valence-corrected chi connectivity index (χ3v) is 4.79. The fourth-order valence-electron chi connectivity index (χ4n) is 2.52. The van der Waals surface area contributed by atoms with Crippen LogP contribution in [-0.4, -0.2) is 18.6 Å².